The van der Waals surface area contributed by atoms with Gasteiger partial charge in [0, 0.05) is 18.5 Å². The fourth-order valence-corrected chi connectivity index (χ4v) is 3.08. The van der Waals surface area contributed by atoms with Crippen molar-refractivity contribution < 1.29 is 13.2 Å². The molecule has 0 aliphatic carbocycles. The highest BCUT2D eigenvalue weighted by atomic mass is 32.2. The maximum Gasteiger partial charge on any atom is 0.172 e. The number of rotatable bonds is 5. The molecule has 0 N–H and O–H groups in total. The van der Waals surface area contributed by atoms with Crippen molar-refractivity contribution in [3.8, 4) is 0 Å². The molecule has 1 aromatic carbocycles. The number of sulfone groups is 1. The Labute approximate surface area is 121 Å². The second-order valence-electron chi connectivity index (χ2n) is 5.10. The third-order valence-electron chi connectivity index (χ3n) is 3.57. The SMILES string of the molecule is C=CS(=O)(=O)CCN1CC(C)OCC1c1ccccc1. The third-order valence-corrected chi connectivity index (χ3v) is 4.83. The van der Waals surface area contributed by atoms with E-state index in [2.05, 4.69) is 23.6 Å². The normalized spacial score (nSPS) is 24.4. The van der Waals surface area contributed by atoms with Crippen molar-refractivity contribution in [1.82, 2.24) is 4.90 Å². The average molecular weight is 295 g/mol. The molecule has 20 heavy (non-hydrogen) atoms. The summed E-state index contributed by atoms with van der Waals surface area (Å²) in [5.74, 6) is 0.104. The Morgan fingerprint density at radius 2 is 2.10 bits per heavy atom. The zero-order valence-electron chi connectivity index (χ0n) is 11.7. The van der Waals surface area contributed by atoms with Crippen LogP contribution in [0.3, 0.4) is 0 Å². The van der Waals surface area contributed by atoms with Crippen LogP contribution in [0.2, 0.25) is 0 Å². The zero-order valence-corrected chi connectivity index (χ0v) is 12.6. The first-order valence-corrected chi connectivity index (χ1v) is 8.49. The fourth-order valence-electron chi connectivity index (χ4n) is 2.43. The lowest BCUT2D eigenvalue weighted by molar-refractivity contribution is -0.0538. The molecule has 2 atom stereocenters. The second kappa shape index (κ2) is 6.52. The van der Waals surface area contributed by atoms with Crippen molar-refractivity contribution in [3.05, 3.63) is 47.9 Å². The summed E-state index contributed by atoms with van der Waals surface area (Å²) >= 11 is 0. The first-order chi connectivity index (χ1) is 9.52. The second-order valence-corrected chi connectivity index (χ2v) is 7.17. The number of benzene rings is 1. The summed E-state index contributed by atoms with van der Waals surface area (Å²) in [5.41, 5.74) is 1.16. The predicted molar refractivity (Wildman–Crippen MR) is 80.2 cm³/mol. The highest BCUT2D eigenvalue weighted by Crippen LogP contribution is 2.25. The molecule has 1 heterocycles. The van der Waals surface area contributed by atoms with Crippen LogP contribution in [-0.4, -0.2) is 44.9 Å². The van der Waals surface area contributed by atoms with E-state index in [4.69, 9.17) is 4.74 Å². The lowest BCUT2D eigenvalue weighted by Crippen LogP contribution is -2.45. The Morgan fingerprint density at radius 1 is 1.40 bits per heavy atom. The first-order valence-electron chi connectivity index (χ1n) is 6.77. The van der Waals surface area contributed by atoms with Crippen molar-refractivity contribution in [2.24, 2.45) is 0 Å². The summed E-state index contributed by atoms with van der Waals surface area (Å²) in [6, 6.07) is 10.2. The molecule has 1 aliphatic rings. The van der Waals surface area contributed by atoms with Gasteiger partial charge in [-0.05, 0) is 12.5 Å². The highest BCUT2D eigenvalue weighted by molar-refractivity contribution is 7.94. The Hall–Kier alpha value is -1.17. The van der Waals surface area contributed by atoms with Crippen LogP contribution >= 0.6 is 0 Å². The van der Waals surface area contributed by atoms with Crippen molar-refractivity contribution in [1.29, 1.82) is 0 Å². The number of morpholine rings is 1. The molecular formula is C15H21NO3S. The number of hydrogen-bond acceptors (Lipinski definition) is 4. The maximum absolute atomic E-state index is 11.6. The van der Waals surface area contributed by atoms with Gasteiger partial charge in [0.2, 0.25) is 0 Å². The fraction of sp³-hybridized carbons (Fsp3) is 0.467. The van der Waals surface area contributed by atoms with Crippen LogP contribution in [0.25, 0.3) is 0 Å². The molecule has 4 nitrogen and oxygen atoms in total. The Balaban J connectivity index is 2.11. The molecule has 0 radical (unpaired) electrons. The lowest BCUT2D eigenvalue weighted by Gasteiger charge is -2.38. The summed E-state index contributed by atoms with van der Waals surface area (Å²) in [7, 11) is -3.16. The van der Waals surface area contributed by atoms with Gasteiger partial charge in [-0.1, -0.05) is 36.9 Å². The number of hydrogen-bond donors (Lipinski definition) is 0. The molecule has 0 saturated carbocycles. The number of nitrogens with zero attached hydrogens (tertiary/aromatic N) is 1. The van der Waals surface area contributed by atoms with Gasteiger partial charge in [0.05, 0.1) is 24.5 Å². The van der Waals surface area contributed by atoms with Crippen LogP contribution in [0.4, 0.5) is 0 Å². The summed E-state index contributed by atoms with van der Waals surface area (Å²) < 4.78 is 28.9. The first kappa shape index (κ1) is 15.2. The van der Waals surface area contributed by atoms with Gasteiger partial charge in [0.1, 0.15) is 0 Å². The van der Waals surface area contributed by atoms with Crippen LogP contribution in [0.15, 0.2) is 42.3 Å². The number of ether oxygens (including phenoxy) is 1. The molecule has 0 spiro atoms. The van der Waals surface area contributed by atoms with Gasteiger partial charge in [-0.3, -0.25) is 4.90 Å². The average Bonchev–Trinajstić information content (AvgIpc) is 2.46. The van der Waals surface area contributed by atoms with E-state index in [0.717, 1.165) is 17.5 Å². The summed E-state index contributed by atoms with van der Waals surface area (Å²) in [6.07, 6.45) is 0.126. The smallest absolute Gasteiger partial charge is 0.172 e. The largest absolute Gasteiger partial charge is 0.375 e. The van der Waals surface area contributed by atoms with E-state index in [-0.39, 0.29) is 17.9 Å². The minimum absolute atomic E-state index is 0.104. The van der Waals surface area contributed by atoms with Crippen LogP contribution < -0.4 is 0 Å². The Morgan fingerprint density at radius 3 is 2.75 bits per heavy atom. The van der Waals surface area contributed by atoms with Crippen LogP contribution in [0.5, 0.6) is 0 Å². The van der Waals surface area contributed by atoms with Crippen molar-refractivity contribution in [2.75, 3.05) is 25.4 Å². The van der Waals surface area contributed by atoms with Crippen LogP contribution in [0.1, 0.15) is 18.5 Å². The van der Waals surface area contributed by atoms with Crippen molar-refractivity contribution in [3.63, 3.8) is 0 Å². The molecule has 5 heteroatoms. The van der Waals surface area contributed by atoms with Crippen molar-refractivity contribution in [2.45, 2.75) is 19.1 Å². The van der Waals surface area contributed by atoms with E-state index in [9.17, 15) is 8.42 Å². The van der Waals surface area contributed by atoms with Gasteiger partial charge in [0.25, 0.3) is 0 Å². The van der Waals surface area contributed by atoms with Crippen LogP contribution in [0, 0.1) is 0 Å². The van der Waals surface area contributed by atoms with E-state index in [1.54, 1.807) is 0 Å². The van der Waals surface area contributed by atoms with E-state index in [1.165, 1.54) is 0 Å². The molecule has 0 amide bonds. The van der Waals surface area contributed by atoms with Gasteiger partial charge >= 0.3 is 0 Å². The topological polar surface area (TPSA) is 46.6 Å². The van der Waals surface area contributed by atoms with Crippen LogP contribution in [-0.2, 0) is 14.6 Å². The quantitative estimate of drug-likeness (QED) is 0.833. The predicted octanol–water partition coefficient (Wildman–Crippen LogP) is 2.01. The third kappa shape index (κ3) is 3.91. The van der Waals surface area contributed by atoms with E-state index >= 15 is 0 Å². The van der Waals surface area contributed by atoms with Crippen molar-refractivity contribution >= 4 is 9.84 Å². The van der Waals surface area contributed by atoms with Gasteiger partial charge in [0.15, 0.2) is 9.84 Å². The lowest BCUT2D eigenvalue weighted by atomic mass is 10.0. The summed E-state index contributed by atoms with van der Waals surface area (Å²) in [4.78, 5) is 2.19. The monoisotopic (exact) mass is 295 g/mol. The molecular weight excluding hydrogens is 274 g/mol. The standard InChI is InChI=1S/C15H21NO3S/c1-3-20(17,18)10-9-16-11-13(2)19-12-15(16)14-7-5-4-6-8-14/h3-8,13,15H,1,9-12H2,2H3. The molecule has 1 fully saturated rings. The minimum atomic E-state index is -3.16. The van der Waals surface area contributed by atoms with E-state index in [1.807, 2.05) is 25.1 Å². The maximum atomic E-state index is 11.6. The van der Waals surface area contributed by atoms with Gasteiger partial charge in [-0.25, -0.2) is 8.42 Å². The van der Waals surface area contributed by atoms with E-state index in [0.29, 0.717) is 13.2 Å². The summed E-state index contributed by atoms with van der Waals surface area (Å²) in [5, 5.41) is 1.04. The van der Waals surface area contributed by atoms with Gasteiger partial charge in [-0.2, -0.15) is 0 Å². The van der Waals surface area contributed by atoms with Gasteiger partial charge < -0.3 is 4.74 Å². The van der Waals surface area contributed by atoms with Gasteiger partial charge in [-0.15, -0.1) is 0 Å². The summed E-state index contributed by atoms with van der Waals surface area (Å²) in [6.45, 7) is 7.21. The molecule has 1 aromatic rings. The highest BCUT2D eigenvalue weighted by Gasteiger charge is 2.28. The minimum Gasteiger partial charge on any atom is -0.375 e. The molecule has 0 aromatic heterocycles. The Bertz CT molecular complexity index is 541. The molecule has 1 saturated heterocycles. The molecule has 110 valence electrons. The molecule has 0 bridgehead atoms. The van der Waals surface area contributed by atoms with E-state index < -0.39 is 9.84 Å². The molecule has 2 unspecified atom stereocenters. The molecule has 1 aliphatic heterocycles. The zero-order chi connectivity index (χ0) is 14.6. The Kier molecular flexibility index (Phi) is 4.96. The molecule has 2 rings (SSSR count).